The Hall–Kier alpha value is -1.72. The summed E-state index contributed by atoms with van der Waals surface area (Å²) in [5.41, 5.74) is 2.62. The molecule has 1 fully saturated rings. The summed E-state index contributed by atoms with van der Waals surface area (Å²) in [4.78, 5) is 17.0. The van der Waals surface area contributed by atoms with Crippen molar-refractivity contribution in [2.75, 3.05) is 6.54 Å². The van der Waals surface area contributed by atoms with Crippen molar-refractivity contribution >= 4 is 17.2 Å². The molecule has 0 spiro atoms. The third kappa shape index (κ3) is 3.36. The maximum Gasteiger partial charge on any atom is 0.251 e. The van der Waals surface area contributed by atoms with E-state index >= 15 is 0 Å². The van der Waals surface area contributed by atoms with E-state index in [0.717, 1.165) is 35.7 Å². The van der Waals surface area contributed by atoms with E-state index in [1.807, 2.05) is 36.6 Å². The molecule has 2 aromatic rings. The van der Waals surface area contributed by atoms with Gasteiger partial charge in [-0.3, -0.25) is 4.79 Å². The molecule has 3 rings (SSSR count). The van der Waals surface area contributed by atoms with Crippen LogP contribution < -0.4 is 10.6 Å². The lowest BCUT2D eigenvalue weighted by Gasteiger charge is -2.30. The Morgan fingerprint density at radius 1 is 1.45 bits per heavy atom. The van der Waals surface area contributed by atoms with Crippen LogP contribution >= 0.6 is 11.3 Å². The maximum absolute atomic E-state index is 12.5. The first-order valence-corrected chi connectivity index (χ1v) is 8.58. The van der Waals surface area contributed by atoms with Crippen molar-refractivity contribution in [3.8, 4) is 11.3 Å². The van der Waals surface area contributed by atoms with Gasteiger partial charge in [-0.2, -0.15) is 0 Å². The highest BCUT2D eigenvalue weighted by Crippen LogP contribution is 2.22. The number of aromatic nitrogens is 1. The first kappa shape index (κ1) is 15.2. The fourth-order valence-corrected chi connectivity index (χ4v) is 3.43. The van der Waals surface area contributed by atoms with Crippen LogP contribution in [0.5, 0.6) is 0 Å². The van der Waals surface area contributed by atoms with Crippen LogP contribution in [0.15, 0.2) is 29.6 Å². The number of nitrogens with one attached hydrogen (secondary N) is 2. The zero-order valence-electron chi connectivity index (χ0n) is 12.9. The Labute approximate surface area is 135 Å². The van der Waals surface area contributed by atoms with Crippen LogP contribution in [0.1, 0.15) is 35.1 Å². The number of amides is 1. The third-order valence-electron chi connectivity index (χ3n) is 4.12. The molecule has 116 valence electrons. The highest BCUT2D eigenvalue weighted by Gasteiger charge is 2.22. The van der Waals surface area contributed by atoms with Gasteiger partial charge in [0.05, 0.1) is 10.7 Å². The summed E-state index contributed by atoms with van der Waals surface area (Å²) in [6.07, 6.45) is 2.14. The van der Waals surface area contributed by atoms with Crippen molar-refractivity contribution in [1.29, 1.82) is 0 Å². The molecule has 1 aromatic heterocycles. The van der Waals surface area contributed by atoms with Crippen LogP contribution in [0.25, 0.3) is 11.3 Å². The summed E-state index contributed by atoms with van der Waals surface area (Å²) in [6.45, 7) is 5.15. The number of nitrogens with zero attached hydrogens (tertiary/aromatic N) is 1. The topological polar surface area (TPSA) is 54.0 Å². The number of piperidine rings is 1. The molecule has 4 nitrogen and oxygen atoms in total. The fraction of sp³-hybridized carbons (Fsp3) is 0.412. The second-order valence-electron chi connectivity index (χ2n) is 5.80. The van der Waals surface area contributed by atoms with Crippen LogP contribution in [0.3, 0.4) is 0 Å². The lowest BCUT2D eigenvalue weighted by molar-refractivity contribution is 0.0920. The minimum absolute atomic E-state index is 0.00523. The average Bonchev–Trinajstić information content (AvgIpc) is 2.96. The summed E-state index contributed by atoms with van der Waals surface area (Å²) in [5.74, 6) is -0.00523. The molecule has 2 N–H and O–H groups in total. The molecular formula is C17H21N3OS. The van der Waals surface area contributed by atoms with Crippen LogP contribution in [-0.2, 0) is 0 Å². The van der Waals surface area contributed by atoms with E-state index in [2.05, 4.69) is 22.5 Å². The van der Waals surface area contributed by atoms with Crippen molar-refractivity contribution < 1.29 is 4.79 Å². The normalized spacial score (nSPS) is 21.5. The molecule has 1 saturated heterocycles. The van der Waals surface area contributed by atoms with Crippen molar-refractivity contribution in [3.05, 3.63) is 40.2 Å². The molecule has 1 aromatic carbocycles. The number of rotatable bonds is 3. The second-order valence-corrected chi connectivity index (χ2v) is 6.86. The van der Waals surface area contributed by atoms with Crippen LogP contribution in [-0.4, -0.2) is 29.5 Å². The van der Waals surface area contributed by atoms with E-state index in [-0.39, 0.29) is 11.9 Å². The number of hydrogen-bond donors (Lipinski definition) is 2. The Bertz CT molecular complexity index is 667. The fourth-order valence-electron chi connectivity index (χ4n) is 2.81. The summed E-state index contributed by atoms with van der Waals surface area (Å²) < 4.78 is 0. The summed E-state index contributed by atoms with van der Waals surface area (Å²) in [7, 11) is 0. The Morgan fingerprint density at radius 3 is 3.05 bits per heavy atom. The number of benzene rings is 1. The van der Waals surface area contributed by atoms with Crippen molar-refractivity contribution in [2.24, 2.45) is 0 Å². The number of aryl methyl sites for hydroxylation is 1. The molecular weight excluding hydrogens is 294 g/mol. The van der Waals surface area contributed by atoms with Crippen molar-refractivity contribution in [3.63, 3.8) is 0 Å². The number of hydrogen-bond acceptors (Lipinski definition) is 4. The number of carbonyl (C=O) groups excluding carboxylic acids is 1. The zero-order chi connectivity index (χ0) is 15.5. The van der Waals surface area contributed by atoms with Gasteiger partial charge in [-0.05, 0) is 45.4 Å². The standard InChI is InChI=1S/C17H21N3OS/c1-11-15(7-4-8-18-11)20-17(21)14-6-3-5-13(9-14)16-10-22-12(2)19-16/h3,5-6,9-11,15,18H,4,7-8H2,1-2H3,(H,20,21). The van der Waals surface area contributed by atoms with E-state index in [4.69, 9.17) is 0 Å². The van der Waals surface area contributed by atoms with Gasteiger partial charge >= 0.3 is 0 Å². The van der Waals surface area contributed by atoms with E-state index in [1.165, 1.54) is 0 Å². The summed E-state index contributed by atoms with van der Waals surface area (Å²) in [6, 6.07) is 8.22. The van der Waals surface area contributed by atoms with Gasteiger partial charge in [0.15, 0.2) is 0 Å². The maximum atomic E-state index is 12.5. The van der Waals surface area contributed by atoms with Crippen molar-refractivity contribution in [2.45, 2.75) is 38.8 Å². The van der Waals surface area contributed by atoms with Gasteiger partial charge in [0.25, 0.3) is 5.91 Å². The molecule has 2 heterocycles. The van der Waals surface area contributed by atoms with Gasteiger partial charge in [0.2, 0.25) is 0 Å². The largest absolute Gasteiger partial charge is 0.348 e. The van der Waals surface area contributed by atoms with E-state index in [9.17, 15) is 4.79 Å². The van der Waals surface area contributed by atoms with E-state index in [0.29, 0.717) is 11.6 Å². The minimum atomic E-state index is -0.00523. The van der Waals surface area contributed by atoms with Gasteiger partial charge < -0.3 is 10.6 Å². The Balaban J connectivity index is 1.75. The van der Waals surface area contributed by atoms with E-state index < -0.39 is 0 Å². The molecule has 0 saturated carbocycles. The lowest BCUT2D eigenvalue weighted by atomic mass is 9.99. The molecule has 2 unspecified atom stereocenters. The summed E-state index contributed by atoms with van der Waals surface area (Å²) >= 11 is 1.62. The Morgan fingerprint density at radius 2 is 2.32 bits per heavy atom. The number of thiazole rings is 1. The second kappa shape index (κ2) is 6.58. The molecule has 22 heavy (non-hydrogen) atoms. The molecule has 0 aliphatic carbocycles. The highest BCUT2D eigenvalue weighted by atomic mass is 32.1. The quantitative estimate of drug-likeness (QED) is 0.915. The summed E-state index contributed by atoms with van der Waals surface area (Å²) in [5, 5.41) is 9.62. The minimum Gasteiger partial charge on any atom is -0.348 e. The highest BCUT2D eigenvalue weighted by molar-refractivity contribution is 7.09. The molecule has 0 bridgehead atoms. The monoisotopic (exact) mass is 315 g/mol. The predicted molar refractivity (Wildman–Crippen MR) is 90.2 cm³/mol. The Kier molecular flexibility index (Phi) is 4.55. The average molecular weight is 315 g/mol. The zero-order valence-corrected chi connectivity index (χ0v) is 13.7. The first-order valence-electron chi connectivity index (χ1n) is 7.70. The van der Waals surface area contributed by atoms with Gasteiger partial charge in [-0.15, -0.1) is 11.3 Å². The third-order valence-corrected chi connectivity index (χ3v) is 4.89. The van der Waals surface area contributed by atoms with Gasteiger partial charge in [-0.25, -0.2) is 4.98 Å². The molecule has 1 aliphatic rings. The molecule has 0 radical (unpaired) electrons. The van der Waals surface area contributed by atoms with Crippen LogP contribution in [0, 0.1) is 6.92 Å². The SMILES string of the molecule is Cc1nc(-c2cccc(C(=O)NC3CCCNC3C)c2)cs1. The predicted octanol–water partition coefficient (Wildman–Crippen LogP) is 2.99. The van der Waals surface area contributed by atoms with Gasteiger partial charge in [0, 0.05) is 28.6 Å². The molecule has 1 aliphatic heterocycles. The molecule has 2 atom stereocenters. The van der Waals surface area contributed by atoms with Gasteiger partial charge in [0.1, 0.15) is 0 Å². The lowest BCUT2D eigenvalue weighted by Crippen LogP contribution is -2.51. The van der Waals surface area contributed by atoms with Crippen LogP contribution in [0.4, 0.5) is 0 Å². The molecule has 1 amide bonds. The smallest absolute Gasteiger partial charge is 0.251 e. The molecule has 5 heteroatoms. The van der Waals surface area contributed by atoms with Crippen LogP contribution in [0.2, 0.25) is 0 Å². The van der Waals surface area contributed by atoms with Crippen molar-refractivity contribution in [1.82, 2.24) is 15.6 Å². The first-order chi connectivity index (χ1) is 10.6. The van der Waals surface area contributed by atoms with Gasteiger partial charge in [-0.1, -0.05) is 12.1 Å². The number of carbonyl (C=O) groups is 1. The van der Waals surface area contributed by atoms with E-state index in [1.54, 1.807) is 11.3 Å².